The molecule has 0 fully saturated rings. The molecule has 1 aromatic heterocycles. The van der Waals surface area contributed by atoms with Crippen LogP contribution in [0.3, 0.4) is 0 Å². The van der Waals surface area contributed by atoms with Crippen molar-refractivity contribution in [1.82, 2.24) is 15.0 Å². The maximum Gasteiger partial charge on any atom is 0.0845 e. The van der Waals surface area contributed by atoms with Crippen molar-refractivity contribution in [2.24, 2.45) is 12.8 Å². The molecule has 0 aliphatic heterocycles. The molecule has 0 bridgehead atoms. The molecule has 0 aliphatic rings. The van der Waals surface area contributed by atoms with E-state index in [2.05, 4.69) is 42.4 Å². The third kappa shape index (κ3) is 2.71. The summed E-state index contributed by atoms with van der Waals surface area (Å²) in [7, 11) is 1.86. The summed E-state index contributed by atoms with van der Waals surface area (Å²) in [6.07, 6.45) is 2.63. The molecule has 2 N–H and O–H groups in total. The van der Waals surface area contributed by atoms with Crippen molar-refractivity contribution in [3.05, 3.63) is 46.8 Å². The molecule has 90 valence electrons. The lowest BCUT2D eigenvalue weighted by Gasteiger charge is -2.14. The van der Waals surface area contributed by atoms with E-state index in [0.717, 1.165) is 12.1 Å². The van der Waals surface area contributed by atoms with Crippen LogP contribution in [0.5, 0.6) is 0 Å². The highest BCUT2D eigenvalue weighted by molar-refractivity contribution is 5.33. The van der Waals surface area contributed by atoms with Crippen LogP contribution in [0.2, 0.25) is 0 Å². The van der Waals surface area contributed by atoms with Crippen molar-refractivity contribution in [3.63, 3.8) is 0 Å². The van der Waals surface area contributed by atoms with Crippen LogP contribution in [0.25, 0.3) is 0 Å². The van der Waals surface area contributed by atoms with Gasteiger partial charge >= 0.3 is 0 Å². The topological polar surface area (TPSA) is 56.7 Å². The van der Waals surface area contributed by atoms with Crippen molar-refractivity contribution < 1.29 is 0 Å². The SMILES string of the molecule is Cc1ccc(C)c(C(N)Cc2cn(C)nn2)c1. The molecule has 1 heterocycles. The van der Waals surface area contributed by atoms with Gasteiger partial charge in [-0.15, -0.1) is 5.10 Å². The van der Waals surface area contributed by atoms with E-state index in [0.29, 0.717) is 0 Å². The highest BCUT2D eigenvalue weighted by Gasteiger charge is 2.11. The van der Waals surface area contributed by atoms with Gasteiger partial charge in [0.2, 0.25) is 0 Å². The van der Waals surface area contributed by atoms with Gasteiger partial charge in [-0.05, 0) is 25.0 Å². The molecule has 1 unspecified atom stereocenters. The molecule has 1 atom stereocenters. The van der Waals surface area contributed by atoms with Gasteiger partial charge in [0.1, 0.15) is 0 Å². The maximum absolute atomic E-state index is 6.23. The van der Waals surface area contributed by atoms with Crippen LogP contribution in [0.1, 0.15) is 28.4 Å². The van der Waals surface area contributed by atoms with Crippen LogP contribution in [0, 0.1) is 13.8 Å². The van der Waals surface area contributed by atoms with Gasteiger partial charge in [-0.25, -0.2) is 0 Å². The Balaban J connectivity index is 2.19. The monoisotopic (exact) mass is 230 g/mol. The van der Waals surface area contributed by atoms with Gasteiger partial charge < -0.3 is 5.73 Å². The highest BCUT2D eigenvalue weighted by Crippen LogP contribution is 2.20. The fraction of sp³-hybridized carbons (Fsp3) is 0.385. The summed E-state index contributed by atoms with van der Waals surface area (Å²) in [6, 6.07) is 6.34. The Labute approximate surface area is 101 Å². The molecular formula is C13H18N4. The van der Waals surface area contributed by atoms with Gasteiger partial charge in [0, 0.05) is 25.7 Å². The van der Waals surface area contributed by atoms with Crippen molar-refractivity contribution in [2.45, 2.75) is 26.3 Å². The summed E-state index contributed by atoms with van der Waals surface area (Å²) in [4.78, 5) is 0. The zero-order chi connectivity index (χ0) is 12.4. The van der Waals surface area contributed by atoms with Gasteiger partial charge in [0.05, 0.1) is 5.69 Å². The van der Waals surface area contributed by atoms with Crippen LogP contribution < -0.4 is 5.73 Å². The predicted octanol–water partition coefficient (Wildman–Crippen LogP) is 1.67. The minimum absolute atomic E-state index is 0.0217. The average Bonchev–Trinajstić information content (AvgIpc) is 2.67. The smallest absolute Gasteiger partial charge is 0.0845 e. The summed E-state index contributed by atoms with van der Waals surface area (Å²) < 4.78 is 1.70. The molecule has 4 heteroatoms. The lowest BCUT2D eigenvalue weighted by atomic mass is 9.96. The third-order valence-electron chi connectivity index (χ3n) is 2.91. The van der Waals surface area contributed by atoms with E-state index in [1.165, 1.54) is 16.7 Å². The van der Waals surface area contributed by atoms with E-state index < -0.39 is 0 Å². The Hall–Kier alpha value is -1.68. The van der Waals surface area contributed by atoms with Gasteiger partial charge in [0.25, 0.3) is 0 Å². The Bertz CT molecular complexity index is 516. The molecule has 0 aliphatic carbocycles. The minimum Gasteiger partial charge on any atom is -0.324 e. The first-order valence-corrected chi connectivity index (χ1v) is 5.74. The predicted molar refractivity (Wildman–Crippen MR) is 67.6 cm³/mol. The second-order valence-electron chi connectivity index (χ2n) is 4.55. The molecule has 0 amide bonds. The lowest BCUT2D eigenvalue weighted by molar-refractivity contribution is 0.690. The number of hydrogen-bond donors (Lipinski definition) is 1. The van der Waals surface area contributed by atoms with Gasteiger partial charge in [0.15, 0.2) is 0 Å². The Morgan fingerprint density at radius 2 is 2.12 bits per heavy atom. The van der Waals surface area contributed by atoms with Crippen molar-refractivity contribution in [2.75, 3.05) is 0 Å². The summed E-state index contributed by atoms with van der Waals surface area (Å²) in [5, 5.41) is 7.98. The molecule has 0 spiro atoms. The fourth-order valence-corrected chi connectivity index (χ4v) is 1.98. The molecule has 2 rings (SSSR count). The first-order valence-electron chi connectivity index (χ1n) is 5.74. The van der Waals surface area contributed by atoms with E-state index in [-0.39, 0.29) is 6.04 Å². The first kappa shape index (κ1) is 11.8. The summed E-state index contributed by atoms with van der Waals surface area (Å²) in [6.45, 7) is 4.17. The molecule has 4 nitrogen and oxygen atoms in total. The number of nitrogens with two attached hydrogens (primary N) is 1. The summed E-state index contributed by atoms with van der Waals surface area (Å²) in [5.74, 6) is 0. The second kappa shape index (κ2) is 4.67. The average molecular weight is 230 g/mol. The van der Waals surface area contributed by atoms with Crippen molar-refractivity contribution in [3.8, 4) is 0 Å². The third-order valence-corrected chi connectivity index (χ3v) is 2.91. The number of nitrogens with zero attached hydrogens (tertiary/aromatic N) is 3. The molecule has 2 aromatic rings. The quantitative estimate of drug-likeness (QED) is 0.872. The number of rotatable bonds is 3. The van der Waals surface area contributed by atoms with Gasteiger partial charge in [-0.2, -0.15) is 0 Å². The number of benzene rings is 1. The van der Waals surface area contributed by atoms with Crippen LogP contribution in [-0.4, -0.2) is 15.0 Å². The second-order valence-corrected chi connectivity index (χ2v) is 4.55. The highest BCUT2D eigenvalue weighted by atomic mass is 15.4. The zero-order valence-electron chi connectivity index (χ0n) is 10.5. The lowest BCUT2D eigenvalue weighted by Crippen LogP contribution is -2.15. The van der Waals surface area contributed by atoms with Gasteiger partial charge in [-0.3, -0.25) is 4.68 Å². The zero-order valence-corrected chi connectivity index (χ0v) is 10.5. The van der Waals surface area contributed by atoms with E-state index >= 15 is 0 Å². The van der Waals surface area contributed by atoms with E-state index in [1.54, 1.807) is 4.68 Å². The molecule has 0 radical (unpaired) electrons. The van der Waals surface area contributed by atoms with E-state index in [4.69, 9.17) is 5.73 Å². The first-order chi connectivity index (χ1) is 8.06. The minimum atomic E-state index is -0.0217. The summed E-state index contributed by atoms with van der Waals surface area (Å²) in [5.41, 5.74) is 10.8. The molecular weight excluding hydrogens is 212 g/mol. The Morgan fingerprint density at radius 3 is 2.76 bits per heavy atom. The van der Waals surface area contributed by atoms with Crippen LogP contribution in [0.15, 0.2) is 24.4 Å². The van der Waals surface area contributed by atoms with E-state index in [9.17, 15) is 0 Å². The van der Waals surface area contributed by atoms with Crippen LogP contribution in [0.4, 0.5) is 0 Å². The standard InChI is InChI=1S/C13H18N4/c1-9-4-5-10(2)12(6-9)13(14)7-11-8-17(3)16-15-11/h4-6,8,13H,7,14H2,1-3H3. The number of aromatic nitrogens is 3. The van der Waals surface area contributed by atoms with Gasteiger partial charge in [-0.1, -0.05) is 29.0 Å². The number of aryl methyl sites for hydroxylation is 3. The maximum atomic E-state index is 6.23. The Kier molecular flexibility index (Phi) is 3.24. The summed E-state index contributed by atoms with van der Waals surface area (Å²) >= 11 is 0. The molecule has 1 aromatic carbocycles. The Morgan fingerprint density at radius 1 is 1.35 bits per heavy atom. The fourth-order valence-electron chi connectivity index (χ4n) is 1.98. The number of hydrogen-bond acceptors (Lipinski definition) is 3. The largest absolute Gasteiger partial charge is 0.324 e. The normalized spacial score (nSPS) is 12.7. The van der Waals surface area contributed by atoms with E-state index in [1.807, 2.05) is 13.2 Å². The van der Waals surface area contributed by atoms with Crippen LogP contribution >= 0.6 is 0 Å². The van der Waals surface area contributed by atoms with Crippen LogP contribution in [-0.2, 0) is 13.5 Å². The molecule has 17 heavy (non-hydrogen) atoms. The van der Waals surface area contributed by atoms with Crippen molar-refractivity contribution in [1.29, 1.82) is 0 Å². The molecule has 0 saturated heterocycles. The van der Waals surface area contributed by atoms with Crippen molar-refractivity contribution >= 4 is 0 Å². The molecule has 0 saturated carbocycles.